The first-order valence-corrected chi connectivity index (χ1v) is 14.8. The quantitative estimate of drug-likeness (QED) is 0.218. The highest BCUT2D eigenvalue weighted by molar-refractivity contribution is 5.85. The van der Waals surface area contributed by atoms with Crippen molar-refractivity contribution in [3.05, 3.63) is 65.1 Å². The molecule has 2 aliphatic heterocycles. The van der Waals surface area contributed by atoms with Gasteiger partial charge in [0, 0.05) is 62.1 Å². The van der Waals surface area contributed by atoms with Gasteiger partial charge in [-0.25, -0.2) is 13.2 Å². The number of likely N-dealkylation sites (tertiary alicyclic amines) is 1. The molecular weight excluding hydrogens is 566 g/mol. The largest absolute Gasteiger partial charge is 0.497 e. The highest BCUT2D eigenvalue weighted by atomic mass is 19.2. The molecule has 5 rings (SSSR count). The van der Waals surface area contributed by atoms with Crippen molar-refractivity contribution in [2.24, 2.45) is 5.41 Å². The monoisotopic (exact) mass is 605 g/mol. The maximum absolute atomic E-state index is 16.4. The Bertz CT molecular complexity index is 1380. The van der Waals surface area contributed by atoms with Crippen molar-refractivity contribution in [1.29, 1.82) is 0 Å². The van der Waals surface area contributed by atoms with E-state index >= 15 is 4.39 Å². The van der Waals surface area contributed by atoms with E-state index in [1.165, 1.54) is 0 Å². The van der Waals surface area contributed by atoms with Crippen molar-refractivity contribution >= 4 is 10.9 Å². The zero-order valence-corrected chi connectivity index (χ0v) is 24.5. The third-order valence-electron chi connectivity index (χ3n) is 8.82. The first kappa shape index (κ1) is 31.4. The molecule has 234 valence electrons. The van der Waals surface area contributed by atoms with Gasteiger partial charge in [-0.2, -0.15) is 4.39 Å². The summed E-state index contributed by atoms with van der Waals surface area (Å²) >= 11 is 0. The zero-order valence-electron chi connectivity index (χ0n) is 24.5. The van der Waals surface area contributed by atoms with Gasteiger partial charge >= 0.3 is 0 Å². The lowest BCUT2D eigenvalue weighted by atomic mass is 9.74. The van der Waals surface area contributed by atoms with E-state index in [2.05, 4.69) is 14.8 Å². The van der Waals surface area contributed by atoms with Crippen molar-refractivity contribution in [1.82, 2.24) is 14.8 Å². The number of fused-ring (bicyclic) bond motifs is 1. The Kier molecular flexibility index (Phi) is 10.4. The number of rotatable bonds is 12. The van der Waals surface area contributed by atoms with E-state index in [1.807, 2.05) is 18.2 Å². The molecule has 0 amide bonds. The number of alkyl halides is 1. The van der Waals surface area contributed by atoms with Gasteiger partial charge in [0.15, 0.2) is 11.6 Å². The van der Waals surface area contributed by atoms with E-state index in [-0.39, 0.29) is 19.6 Å². The molecule has 11 heteroatoms. The molecule has 0 aliphatic carbocycles. The maximum atomic E-state index is 16.4. The number of nitrogens with zero attached hydrogens (tertiary/aromatic N) is 3. The Balaban J connectivity index is 1.22. The lowest BCUT2D eigenvalue weighted by Crippen LogP contribution is -2.43. The van der Waals surface area contributed by atoms with Crippen LogP contribution in [0.1, 0.15) is 43.0 Å². The summed E-state index contributed by atoms with van der Waals surface area (Å²) in [6.45, 7) is 5.13. The van der Waals surface area contributed by atoms with E-state index in [0.29, 0.717) is 81.6 Å². The molecule has 0 saturated carbocycles. The summed E-state index contributed by atoms with van der Waals surface area (Å²) in [5.41, 5.74) is 1.75. The standard InChI is InChI=1S/C32H39F4N3O4/c1-41-24-2-3-28-25(18-24)30(22(19-37-28)20-39-10-13-42-14-11-39)26(34)4-5-32(21-40)6-8-38(9-7-32)12-15-43-29-17-23(33)16-27(35)31(29)36/h2-3,16-19,26,40H,4-15,20-21H2,1H3. The number of ether oxygens (including phenoxy) is 3. The molecule has 3 heterocycles. The minimum Gasteiger partial charge on any atom is -0.497 e. The summed E-state index contributed by atoms with van der Waals surface area (Å²) in [7, 11) is 1.59. The number of aliphatic hydroxyl groups excluding tert-OH is 1. The van der Waals surface area contributed by atoms with Crippen LogP contribution in [0.15, 0.2) is 36.5 Å². The number of benzene rings is 2. The number of morpholine rings is 1. The SMILES string of the molecule is COc1ccc2ncc(CN3CCOCC3)c(C(F)CCC3(CO)CCN(CCOc4cc(F)cc(F)c4F)CC3)c2c1. The number of hydrogen-bond donors (Lipinski definition) is 1. The highest BCUT2D eigenvalue weighted by Crippen LogP contribution is 2.41. The van der Waals surface area contributed by atoms with Crippen LogP contribution in [0.25, 0.3) is 10.9 Å². The first-order valence-electron chi connectivity index (χ1n) is 14.8. The lowest BCUT2D eigenvalue weighted by Gasteiger charge is -2.41. The topological polar surface area (TPSA) is 67.3 Å². The Morgan fingerprint density at radius 3 is 2.53 bits per heavy atom. The molecule has 1 unspecified atom stereocenters. The van der Waals surface area contributed by atoms with Gasteiger partial charge in [0.2, 0.25) is 5.82 Å². The van der Waals surface area contributed by atoms with Crippen LogP contribution < -0.4 is 9.47 Å². The van der Waals surface area contributed by atoms with E-state index in [9.17, 15) is 18.3 Å². The minimum atomic E-state index is -1.29. The van der Waals surface area contributed by atoms with Gasteiger partial charge in [0.25, 0.3) is 0 Å². The summed E-state index contributed by atoms with van der Waals surface area (Å²) in [5, 5.41) is 11.1. The summed E-state index contributed by atoms with van der Waals surface area (Å²) in [6.07, 6.45) is 2.59. The molecule has 0 bridgehead atoms. The maximum Gasteiger partial charge on any atom is 0.200 e. The molecule has 3 aromatic rings. The minimum absolute atomic E-state index is 0.0522. The molecule has 0 spiro atoms. The number of hydrogen-bond acceptors (Lipinski definition) is 7. The molecule has 2 saturated heterocycles. The lowest BCUT2D eigenvalue weighted by molar-refractivity contribution is 0.0260. The van der Waals surface area contributed by atoms with Crippen molar-refractivity contribution in [2.75, 3.05) is 66.3 Å². The second-order valence-electron chi connectivity index (χ2n) is 11.5. The number of aliphatic hydroxyl groups is 1. The molecule has 1 aromatic heterocycles. The second kappa shape index (κ2) is 14.2. The molecular formula is C32H39F4N3O4. The van der Waals surface area contributed by atoms with E-state index < -0.39 is 34.8 Å². The van der Waals surface area contributed by atoms with Gasteiger partial charge in [0.1, 0.15) is 24.3 Å². The van der Waals surface area contributed by atoms with Crippen LogP contribution in [0, 0.1) is 22.9 Å². The molecule has 7 nitrogen and oxygen atoms in total. The summed E-state index contributed by atoms with van der Waals surface area (Å²) in [5.74, 6) is -3.23. The van der Waals surface area contributed by atoms with Crippen LogP contribution in [-0.4, -0.2) is 86.2 Å². The van der Waals surface area contributed by atoms with Crippen molar-refractivity contribution in [3.63, 3.8) is 0 Å². The van der Waals surface area contributed by atoms with Gasteiger partial charge in [-0.05, 0) is 68.0 Å². The fourth-order valence-corrected chi connectivity index (χ4v) is 6.09. The number of piperidine rings is 1. The predicted octanol–water partition coefficient (Wildman–Crippen LogP) is 5.44. The second-order valence-corrected chi connectivity index (χ2v) is 11.5. The number of methoxy groups -OCH3 is 1. The summed E-state index contributed by atoms with van der Waals surface area (Å²) in [6, 6.07) is 6.81. The number of halogens is 4. The molecule has 1 atom stereocenters. The van der Waals surface area contributed by atoms with E-state index in [1.54, 1.807) is 13.3 Å². The van der Waals surface area contributed by atoms with Crippen molar-refractivity contribution in [3.8, 4) is 11.5 Å². The molecule has 2 aliphatic rings. The van der Waals surface area contributed by atoms with Crippen molar-refractivity contribution in [2.45, 2.75) is 38.4 Å². The first-order chi connectivity index (χ1) is 20.8. The third kappa shape index (κ3) is 7.57. The van der Waals surface area contributed by atoms with Crippen LogP contribution in [0.5, 0.6) is 11.5 Å². The normalized spacial score (nSPS) is 18.6. The van der Waals surface area contributed by atoms with Gasteiger partial charge in [-0.15, -0.1) is 0 Å². The molecule has 0 radical (unpaired) electrons. The van der Waals surface area contributed by atoms with Gasteiger partial charge in [-0.3, -0.25) is 14.8 Å². The van der Waals surface area contributed by atoms with Crippen LogP contribution in [0.4, 0.5) is 17.6 Å². The van der Waals surface area contributed by atoms with Crippen LogP contribution in [0.2, 0.25) is 0 Å². The molecule has 43 heavy (non-hydrogen) atoms. The zero-order chi connectivity index (χ0) is 30.4. The van der Waals surface area contributed by atoms with E-state index in [0.717, 1.165) is 30.1 Å². The molecule has 2 aromatic carbocycles. The Morgan fingerprint density at radius 1 is 1.05 bits per heavy atom. The van der Waals surface area contributed by atoms with Gasteiger partial charge < -0.3 is 19.3 Å². The average Bonchev–Trinajstić information content (AvgIpc) is 3.03. The average molecular weight is 606 g/mol. The highest BCUT2D eigenvalue weighted by Gasteiger charge is 2.35. The van der Waals surface area contributed by atoms with Crippen LogP contribution in [-0.2, 0) is 11.3 Å². The van der Waals surface area contributed by atoms with Crippen molar-refractivity contribution < 1.29 is 36.9 Å². The van der Waals surface area contributed by atoms with Gasteiger partial charge in [-0.1, -0.05) is 0 Å². The fourth-order valence-electron chi connectivity index (χ4n) is 6.09. The van der Waals surface area contributed by atoms with Gasteiger partial charge in [0.05, 0.1) is 25.8 Å². The Morgan fingerprint density at radius 2 is 1.81 bits per heavy atom. The van der Waals surface area contributed by atoms with E-state index in [4.69, 9.17) is 14.2 Å². The number of pyridine rings is 1. The molecule has 2 fully saturated rings. The summed E-state index contributed by atoms with van der Waals surface area (Å²) < 4.78 is 73.4. The predicted molar refractivity (Wildman–Crippen MR) is 154 cm³/mol. The van der Waals surface area contributed by atoms with Crippen LogP contribution in [0.3, 0.4) is 0 Å². The smallest absolute Gasteiger partial charge is 0.200 e. The molecule has 1 N–H and O–H groups in total. The number of aromatic nitrogens is 1. The van der Waals surface area contributed by atoms with Crippen LogP contribution >= 0.6 is 0 Å². The third-order valence-corrected chi connectivity index (χ3v) is 8.82. The Hall–Kier alpha value is -2.99. The fraction of sp³-hybridized carbons (Fsp3) is 0.531. The Labute approximate surface area is 249 Å². The summed E-state index contributed by atoms with van der Waals surface area (Å²) in [4.78, 5) is 8.96.